The lowest BCUT2D eigenvalue weighted by Crippen LogP contribution is -2.18. The molecule has 0 saturated heterocycles. The topological polar surface area (TPSA) is 84.2 Å². The average Bonchev–Trinajstić information content (AvgIpc) is 2.92. The molecule has 1 aliphatic rings. The van der Waals surface area contributed by atoms with Gasteiger partial charge in [0, 0.05) is 18.5 Å². The molecular formula is C16H17N3O3. The molecule has 0 amide bonds. The number of rotatable bonds is 5. The van der Waals surface area contributed by atoms with Crippen molar-refractivity contribution in [1.82, 2.24) is 9.55 Å². The van der Waals surface area contributed by atoms with Crippen LogP contribution in [0.2, 0.25) is 0 Å². The van der Waals surface area contributed by atoms with Gasteiger partial charge in [0.25, 0.3) is 0 Å². The van der Waals surface area contributed by atoms with Crippen LogP contribution in [0.5, 0.6) is 0 Å². The van der Waals surface area contributed by atoms with E-state index in [1.54, 1.807) is 28.8 Å². The first-order valence-corrected chi connectivity index (χ1v) is 7.31. The first-order chi connectivity index (χ1) is 10.7. The quantitative estimate of drug-likeness (QED) is 0.827. The normalized spacial score (nSPS) is 13.5. The third-order valence-electron chi connectivity index (χ3n) is 3.79. The number of nitrogens with zero attached hydrogens (tertiary/aromatic N) is 2. The van der Waals surface area contributed by atoms with Crippen LogP contribution >= 0.6 is 0 Å². The molecule has 0 saturated carbocycles. The predicted octanol–water partition coefficient (Wildman–Crippen LogP) is 2.21. The minimum Gasteiger partial charge on any atom is -0.476 e. The first-order valence-electron chi connectivity index (χ1n) is 7.31. The van der Waals surface area contributed by atoms with Crippen LogP contribution in [0.25, 0.3) is 0 Å². The van der Waals surface area contributed by atoms with E-state index in [0.717, 1.165) is 25.1 Å². The van der Waals surface area contributed by atoms with Crippen molar-refractivity contribution >= 4 is 17.6 Å². The number of carboxylic acid groups (broad SMARTS) is 1. The molecule has 0 aliphatic carbocycles. The number of carbonyl (C=O) groups excluding carboxylic acids is 1. The van der Waals surface area contributed by atoms with E-state index >= 15 is 0 Å². The van der Waals surface area contributed by atoms with Crippen LogP contribution in [-0.4, -0.2) is 33.0 Å². The maximum absolute atomic E-state index is 12.1. The molecule has 0 spiro atoms. The van der Waals surface area contributed by atoms with E-state index < -0.39 is 5.97 Å². The number of aromatic carboxylic acids is 1. The van der Waals surface area contributed by atoms with Crippen molar-refractivity contribution < 1.29 is 14.7 Å². The summed E-state index contributed by atoms with van der Waals surface area (Å²) in [4.78, 5) is 27.9. The van der Waals surface area contributed by atoms with Crippen molar-refractivity contribution in [2.24, 2.45) is 0 Å². The highest BCUT2D eigenvalue weighted by atomic mass is 16.4. The zero-order valence-corrected chi connectivity index (χ0v) is 12.1. The minimum absolute atomic E-state index is 0.0285. The summed E-state index contributed by atoms with van der Waals surface area (Å²) in [5.41, 5.74) is 0.742. The Kier molecular flexibility index (Phi) is 3.91. The van der Waals surface area contributed by atoms with Crippen molar-refractivity contribution in [1.29, 1.82) is 0 Å². The molecule has 1 aliphatic heterocycles. The van der Waals surface area contributed by atoms with E-state index in [9.17, 15) is 14.7 Å². The third kappa shape index (κ3) is 2.72. The van der Waals surface area contributed by atoms with E-state index in [4.69, 9.17) is 0 Å². The Morgan fingerprint density at radius 1 is 1.23 bits per heavy atom. The zero-order chi connectivity index (χ0) is 15.5. The summed E-state index contributed by atoms with van der Waals surface area (Å²) in [6, 6.07) is 8.91. The summed E-state index contributed by atoms with van der Waals surface area (Å²) in [7, 11) is 0. The van der Waals surface area contributed by atoms with E-state index in [0.29, 0.717) is 12.1 Å². The molecule has 0 bridgehead atoms. The van der Waals surface area contributed by atoms with Crippen LogP contribution in [0, 0.1) is 0 Å². The SMILES string of the molecule is O=C(CNc1nc2n(c1C(=O)O)CCCC2)c1ccccc1. The summed E-state index contributed by atoms with van der Waals surface area (Å²) in [6.07, 6.45) is 2.74. The van der Waals surface area contributed by atoms with E-state index in [1.165, 1.54) is 0 Å². The molecule has 2 aromatic rings. The fourth-order valence-electron chi connectivity index (χ4n) is 2.71. The molecule has 114 valence electrons. The fraction of sp³-hybridized carbons (Fsp3) is 0.312. The number of benzene rings is 1. The molecule has 2 N–H and O–H groups in total. The van der Waals surface area contributed by atoms with E-state index in [-0.39, 0.29) is 23.8 Å². The van der Waals surface area contributed by atoms with Gasteiger partial charge in [0.1, 0.15) is 5.82 Å². The average molecular weight is 299 g/mol. The molecule has 0 fully saturated rings. The monoisotopic (exact) mass is 299 g/mol. The Labute approximate surface area is 127 Å². The van der Waals surface area contributed by atoms with Gasteiger partial charge in [-0.2, -0.15) is 0 Å². The lowest BCUT2D eigenvalue weighted by atomic mass is 10.1. The maximum Gasteiger partial charge on any atom is 0.356 e. The Hall–Kier alpha value is -2.63. The van der Waals surface area contributed by atoms with E-state index in [2.05, 4.69) is 10.3 Å². The molecule has 2 heterocycles. The summed E-state index contributed by atoms with van der Waals surface area (Å²) >= 11 is 0. The number of imidazole rings is 1. The Balaban J connectivity index is 1.79. The van der Waals surface area contributed by atoms with Gasteiger partial charge in [-0.1, -0.05) is 30.3 Å². The van der Waals surface area contributed by atoms with Crippen LogP contribution < -0.4 is 5.32 Å². The summed E-state index contributed by atoms with van der Waals surface area (Å²) in [6.45, 7) is 0.693. The molecule has 6 nitrogen and oxygen atoms in total. The van der Waals surface area contributed by atoms with Crippen molar-refractivity contribution in [3.05, 3.63) is 47.4 Å². The highest BCUT2D eigenvalue weighted by Gasteiger charge is 2.24. The number of carboxylic acids is 1. The van der Waals surface area contributed by atoms with Crippen LogP contribution in [0.15, 0.2) is 30.3 Å². The van der Waals surface area contributed by atoms with Crippen molar-refractivity contribution in [3.8, 4) is 0 Å². The molecule has 0 radical (unpaired) electrons. The minimum atomic E-state index is -1.02. The highest BCUT2D eigenvalue weighted by molar-refractivity contribution is 5.99. The number of hydrogen-bond donors (Lipinski definition) is 2. The van der Waals surface area contributed by atoms with Gasteiger partial charge < -0.3 is 15.0 Å². The molecule has 22 heavy (non-hydrogen) atoms. The second kappa shape index (κ2) is 6.01. The Morgan fingerprint density at radius 3 is 2.73 bits per heavy atom. The van der Waals surface area contributed by atoms with Crippen molar-refractivity contribution in [2.75, 3.05) is 11.9 Å². The molecule has 6 heteroatoms. The number of hydrogen-bond acceptors (Lipinski definition) is 4. The Bertz CT molecular complexity index is 707. The standard InChI is InChI=1S/C16H17N3O3/c20-12(11-6-2-1-3-7-11)10-17-15-14(16(21)22)19-9-5-4-8-13(19)18-15/h1-3,6-7,17H,4-5,8-10H2,(H,21,22). The van der Waals surface area contributed by atoms with Crippen molar-refractivity contribution in [3.63, 3.8) is 0 Å². The maximum atomic E-state index is 12.1. The lowest BCUT2D eigenvalue weighted by molar-refractivity contribution is 0.0684. The van der Waals surface area contributed by atoms with Gasteiger partial charge in [-0.15, -0.1) is 0 Å². The van der Waals surface area contributed by atoms with Gasteiger partial charge in [0.2, 0.25) is 0 Å². The van der Waals surface area contributed by atoms with Gasteiger partial charge in [-0.05, 0) is 12.8 Å². The number of anilines is 1. The number of Topliss-reactive ketones (excluding diaryl/α,β-unsaturated/α-hetero) is 1. The first kappa shape index (κ1) is 14.3. The van der Waals surface area contributed by atoms with Crippen LogP contribution in [0.1, 0.15) is 39.5 Å². The smallest absolute Gasteiger partial charge is 0.356 e. The number of carbonyl (C=O) groups is 2. The fourth-order valence-corrected chi connectivity index (χ4v) is 2.71. The van der Waals surface area contributed by atoms with Crippen LogP contribution in [0.3, 0.4) is 0 Å². The molecule has 1 aromatic heterocycles. The van der Waals surface area contributed by atoms with Gasteiger partial charge in [-0.25, -0.2) is 9.78 Å². The zero-order valence-electron chi connectivity index (χ0n) is 12.1. The third-order valence-corrected chi connectivity index (χ3v) is 3.79. The second-order valence-electron chi connectivity index (χ2n) is 5.28. The molecule has 0 atom stereocenters. The largest absolute Gasteiger partial charge is 0.476 e. The van der Waals surface area contributed by atoms with Gasteiger partial charge >= 0.3 is 5.97 Å². The molecule has 0 unspecified atom stereocenters. The number of ketones is 1. The molecule has 3 rings (SSSR count). The molecule has 1 aromatic carbocycles. The van der Waals surface area contributed by atoms with Gasteiger partial charge in [0.05, 0.1) is 6.54 Å². The van der Waals surface area contributed by atoms with Crippen LogP contribution in [-0.2, 0) is 13.0 Å². The summed E-state index contributed by atoms with van der Waals surface area (Å²) < 4.78 is 1.74. The van der Waals surface area contributed by atoms with Gasteiger partial charge in [-0.3, -0.25) is 4.79 Å². The highest BCUT2D eigenvalue weighted by Crippen LogP contribution is 2.23. The van der Waals surface area contributed by atoms with Gasteiger partial charge in [0.15, 0.2) is 17.3 Å². The number of nitrogens with one attached hydrogen (secondary N) is 1. The lowest BCUT2D eigenvalue weighted by Gasteiger charge is -2.14. The van der Waals surface area contributed by atoms with Crippen molar-refractivity contribution in [2.45, 2.75) is 25.8 Å². The molecular weight excluding hydrogens is 282 g/mol. The number of aromatic nitrogens is 2. The number of aryl methyl sites for hydroxylation is 1. The summed E-state index contributed by atoms with van der Waals surface area (Å²) in [5, 5.41) is 12.3. The van der Waals surface area contributed by atoms with Crippen LogP contribution in [0.4, 0.5) is 5.82 Å². The number of fused-ring (bicyclic) bond motifs is 1. The Morgan fingerprint density at radius 2 is 2.00 bits per heavy atom. The summed E-state index contributed by atoms with van der Waals surface area (Å²) in [5.74, 6) is -0.0507. The second-order valence-corrected chi connectivity index (χ2v) is 5.28. The van der Waals surface area contributed by atoms with E-state index in [1.807, 2.05) is 6.07 Å². The predicted molar refractivity (Wildman–Crippen MR) is 81.4 cm³/mol.